The Morgan fingerprint density at radius 2 is 2.05 bits per heavy atom. The number of benzene rings is 1. The highest BCUT2D eigenvalue weighted by Crippen LogP contribution is 2.13. The number of aliphatic carboxylic acids is 1. The Balaban J connectivity index is 2.89. The highest BCUT2D eigenvalue weighted by Gasteiger charge is 2.18. The van der Waals surface area contributed by atoms with Crippen LogP contribution in [-0.4, -0.2) is 23.7 Å². The zero-order valence-electron chi connectivity index (χ0n) is 9.94. The number of ether oxygens (including phenoxy) is 1. The molecule has 1 aromatic carbocycles. The first kappa shape index (κ1) is 14.6. The highest BCUT2D eigenvalue weighted by atomic mass is 19.2. The molecular weight excluding hydrogens is 260 g/mol. The van der Waals surface area contributed by atoms with Crippen molar-refractivity contribution in [3.8, 4) is 0 Å². The van der Waals surface area contributed by atoms with Gasteiger partial charge >= 0.3 is 11.9 Å². The maximum atomic E-state index is 12.9. The van der Waals surface area contributed by atoms with Gasteiger partial charge in [0.15, 0.2) is 17.2 Å². The maximum absolute atomic E-state index is 12.9. The van der Waals surface area contributed by atoms with Gasteiger partial charge in [-0.15, -0.1) is 0 Å². The third kappa shape index (κ3) is 4.06. The first-order valence-corrected chi connectivity index (χ1v) is 5.28. The maximum Gasteiger partial charge on any atom is 0.347 e. The van der Waals surface area contributed by atoms with E-state index >= 15 is 0 Å². The van der Waals surface area contributed by atoms with Crippen molar-refractivity contribution < 1.29 is 28.2 Å². The van der Waals surface area contributed by atoms with Gasteiger partial charge in [0.1, 0.15) is 0 Å². The number of hydrogen-bond acceptors (Lipinski definition) is 4. The summed E-state index contributed by atoms with van der Waals surface area (Å²) in [7, 11) is 0. The molecule has 0 aromatic heterocycles. The molecule has 2 N–H and O–H groups in total. The summed E-state index contributed by atoms with van der Waals surface area (Å²) < 4.78 is 30.1. The largest absolute Gasteiger partial charge is 0.477 e. The van der Waals surface area contributed by atoms with E-state index in [4.69, 9.17) is 5.11 Å². The number of esters is 1. The lowest BCUT2D eigenvalue weighted by molar-refractivity contribution is -0.143. The molecule has 0 amide bonds. The fourth-order valence-electron chi connectivity index (χ4n) is 1.16. The fourth-order valence-corrected chi connectivity index (χ4v) is 1.16. The van der Waals surface area contributed by atoms with Crippen molar-refractivity contribution in [2.45, 2.75) is 6.92 Å². The lowest BCUT2D eigenvalue weighted by Crippen LogP contribution is -2.16. The molecule has 0 atom stereocenters. The summed E-state index contributed by atoms with van der Waals surface area (Å²) in [6.45, 7) is 1.55. The lowest BCUT2D eigenvalue weighted by atomic mass is 10.2. The minimum Gasteiger partial charge on any atom is -0.477 e. The second-order valence-corrected chi connectivity index (χ2v) is 3.36. The number of halogens is 2. The minimum atomic E-state index is -1.49. The van der Waals surface area contributed by atoms with Crippen LogP contribution in [0.25, 0.3) is 0 Å². The van der Waals surface area contributed by atoms with Gasteiger partial charge in [0.2, 0.25) is 0 Å². The molecule has 0 unspecified atom stereocenters. The Hall–Kier alpha value is -2.44. The summed E-state index contributed by atoms with van der Waals surface area (Å²) in [6.07, 6.45) is 0.854. The molecule has 5 nitrogen and oxygen atoms in total. The summed E-state index contributed by atoms with van der Waals surface area (Å²) in [5, 5.41) is 11.2. The number of anilines is 1. The van der Waals surface area contributed by atoms with Crippen molar-refractivity contribution in [1.29, 1.82) is 0 Å². The zero-order chi connectivity index (χ0) is 14.4. The number of hydrogen-bond donors (Lipinski definition) is 2. The first-order valence-electron chi connectivity index (χ1n) is 5.28. The van der Waals surface area contributed by atoms with Crippen LogP contribution in [0.1, 0.15) is 6.92 Å². The summed E-state index contributed by atoms with van der Waals surface area (Å²) >= 11 is 0. The normalized spacial score (nSPS) is 11.0. The van der Waals surface area contributed by atoms with Crippen molar-refractivity contribution in [3.63, 3.8) is 0 Å². The van der Waals surface area contributed by atoms with E-state index < -0.39 is 29.1 Å². The summed E-state index contributed by atoms with van der Waals surface area (Å²) in [5.41, 5.74) is -0.548. The van der Waals surface area contributed by atoms with Crippen LogP contribution in [0.3, 0.4) is 0 Å². The molecular formula is C12H11F2NO4. The lowest BCUT2D eigenvalue weighted by Gasteiger charge is -2.05. The van der Waals surface area contributed by atoms with Gasteiger partial charge < -0.3 is 15.2 Å². The van der Waals surface area contributed by atoms with E-state index in [1.165, 1.54) is 13.0 Å². The Bertz CT molecular complexity index is 528. The van der Waals surface area contributed by atoms with Crippen LogP contribution in [-0.2, 0) is 14.3 Å². The molecule has 0 spiro atoms. The molecule has 1 aromatic rings. The van der Waals surface area contributed by atoms with Gasteiger partial charge in [-0.1, -0.05) is 0 Å². The average molecular weight is 271 g/mol. The van der Waals surface area contributed by atoms with Crippen molar-refractivity contribution in [3.05, 3.63) is 41.6 Å². The van der Waals surface area contributed by atoms with Crippen molar-refractivity contribution >= 4 is 17.6 Å². The molecule has 19 heavy (non-hydrogen) atoms. The van der Waals surface area contributed by atoms with Crippen LogP contribution in [0, 0.1) is 11.6 Å². The van der Waals surface area contributed by atoms with Crippen molar-refractivity contribution in [2.24, 2.45) is 0 Å². The average Bonchev–Trinajstić information content (AvgIpc) is 2.33. The van der Waals surface area contributed by atoms with Crippen LogP contribution >= 0.6 is 0 Å². The third-order valence-electron chi connectivity index (χ3n) is 2.03. The van der Waals surface area contributed by atoms with E-state index in [0.29, 0.717) is 0 Å². The van der Waals surface area contributed by atoms with E-state index in [1.807, 2.05) is 0 Å². The minimum absolute atomic E-state index is 0.0225. The van der Waals surface area contributed by atoms with E-state index in [-0.39, 0.29) is 12.3 Å². The van der Waals surface area contributed by atoms with E-state index in [0.717, 1.165) is 18.3 Å². The molecule has 7 heteroatoms. The third-order valence-corrected chi connectivity index (χ3v) is 2.03. The number of carbonyl (C=O) groups is 2. The van der Waals surface area contributed by atoms with Gasteiger partial charge in [-0.25, -0.2) is 18.4 Å². The van der Waals surface area contributed by atoms with Crippen LogP contribution in [0.15, 0.2) is 30.0 Å². The Morgan fingerprint density at radius 3 is 2.58 bits per heavy atom. The van der Waals surface area contributed by atoms with Crippen molar-refractivity contribution in [1.82, 2.24) is 0 Å². The second kappa shape index (κ2) is 6.48. The van der Waals surface area contributed by atoms with Gasteiger partial charge in [-0.2, -0.15) is 0 Å². The highest BCUT2D eigenvalue weighted by molar-refractivity contribution is 6.13. The zero-order valence-corrected chi connectivity index (χ0v) is 9.94. The molecule has 1 rings (SSSR count). The summed E-state index contributed by atoms with van der Waals surface area (Å²) in [6, 6.07) is 2.90. The molecule has 0 aliphatic heterocycles. The van der Waals surface area contributed by atoms with Gasteiger partial charge in [0.05, 0.1) is 6.61 Å². The van der Waals surface area contributed by atoms with Gasteiger partial charge in [0, 0.05) is 18.0 Å². The summed E-state index contributed by atoms with van der Waals surface area (Å²) in [4.78, 5) is 22.1. The van der Waals surface area contributed by atoms with E-state index in [1.54, 1.807) is 0 Å². The summed E-state index contributed by atoms with van der Waals surface area (Å²) in [5.74, 6) is -4.64. The molecule has 0 bridgehead atoms. The predicted octanol–water partition coefficient (Wildman–Crippen LogP) is 1.91. The number of rotatable bonds is 5. The molecule has 102 valence electrons. The molecule has 0 fully saturated rings. The van der Waals surface area contributed by atoms with Crippen LogP contribution < -0.4 is 5.32 Å². The first-order chi connectivity index (χ1) is 8.95. The molecule has 0 saturated carbocycles. The quantitative estimate of drug-likeness (QED) is 0.370. The van der Waals surface area contributed by atoms with Crippen LogP contribution in [0.2, 0.25) is 0 Å². The smallest absolute Gasteiger partial charge is 0.347 e. The SMILES string of the molecule is CCOC(=O)C(=CNc1ccc(F)c(F)c1)C(=O)O. The van der Waals surface area contributed by atoms with E-state index in [2.05, 4.69) is 10.1 Å². The van der Waals surface area contributed by atoms with Gasteiger partial charge in [-0.05, 0) is 19.1 Å². The standard InChI is InChI=1S/C12H11F2NO4/c1-2-19-12(18)8(11(16)17)6-15-7-3-4-9(13)10(14)5-7/h3-6,15H,2H2,1H3,(H,16,17). The Morgan fingerprint density at radius 1 is 1.37 bits per heavy atom. The van der Waals surface area contributed by atoms with Crippen LogP contribution in [0.5, 0.6) is 0 Å². The molecule has 0 aliphatic carbocycles. The van der Waals surface area contributed by atoms with Gasteiger partial charge in [-0.3, -0.25) is 0 Å². The van der Waals surface area contributed by atoms with E-state index in [9.17, 15) is 18.4 Å². The number of carbonyl (C=O) groups excluding carboxylic acids is 1. The molecule has 0 saturated heterocycles. The second-order valence-electron chi connectivity index (χ2n) is 3.36. The Labute approximate surface area is 107 Å². The van der Waals surface area contributed by atoms with Gasteiger partial charge in [0.25, 0.3) is 0 Å². The fraction of sp³-hybridized carbons (Fsp3) is 0.167. The number of nitrogens with one attached hydrogen (secondary N) is 1. The topological polar surface area (TPSA) is 75.6 Å². The number of carboxylic acids is 1. The molecule has 0 heterocycles. The monoisotopic (exact) mass is 271 g/mol. The Kier molecular flexibility index (Phi) is 4.99. The number of carboxylic acid groups (broad SMARTS) is 1. The van der Waals surface area contributed by atoms with Crippen molar-refractivity contribution in [2.75, 3.05) is 11.9 Å². The predicted molar refractivity (Wildman–Crippen MR) is 62.3 cm³/mol. The molecule has 0 radical (unpaired) electrons. The molecule has 0 aliphatic rings. The van der Waals surface area contributed by atoms with Crippen LogP contribution in [0.4, 0.5) is 14.5 Å².